The maximum atomic E-state index is 3.54. The minimum atomic E-state index is 0.874. The van der Waals surface area contributed by atoms with Gasteiger partial charge in [0.1, 0.15) is 0 Å². The van der Waals surface area contributed by atoms with Gasteiger partial charge in [0.05, 0.1) is 0 Å². The van der Waals surface area contributed by atoms with Crippen LogP contribution in [0.1, 0.15) is 42.7 Å². The Morgan fingerprint density at radius 1 is 1.11 bits per heavy atom. The summed E-state index contributed by atoms with van der Waals surface area (Å²) in [6.45, 7) is 3.27. The van der Waals surface area contributed by atoms with E-state index in [0.29, 0.717) is 0 Å². The lowest BCUT2D eigenvalue weighted by Crippen LogP contribution is -2.30. The lowest BCUT2D eigenvalue weighted by Gasteiger charge is -2.15. The second-order valence-electron chi connectivity index (χ2n) is 5.90. The normalized spacial score (nSPS) is 19.4. The standard InChI is InChI=1S/C16H24N2/c1-18(16-8-9-16)11-10-17-12-13-2-4-14(5-3-13)15-6-7-15/h2-5,15-17H,6-12H2,1H3. The first-order valence-electron chi connectivity index (χ1n) is 7.33. The number of hydrogen-bond donors (Lipinski definition) is 1. The van der Waals surface area contributed by atoms with E-state index in [2.05, 4.69) is 41.5 Å². The lowest BCUT2D eigenvalue weighted by molar-refractivity contribution is 0.321. The van der Waals surface area contributed by atoms with Crippen LogP contribution in [0.4, 0.5) is 0 Å². The molecule has 3 rings (SSSR count). The van der Waals surface area contributed by atoms with E-state index < -0.39 is 0 Å². The maximum absolute atomic E-state index is 3.54. The largest absolute Gasteiger partial charge is 0.311 e. The highest BCUT2D eigenvalue weighted by atomic mass is 15.2. The Labute approximate surface area is 110 Å². The van der Waals surface area contributed by atoms with Gasteiger partial charge in [-0.1, -0.05) is 24.3 Å². The predicted octanol–water partition coefficient (Wildman–Crippen LogP) is 2.75. The molecule has 0 bridgehead atoms. The van der Waals surface area contributed by atoms with E-state index in [-0.39, 0.29) is 0 Å². The summed E-state index contributed by atoms with van der Waals surface area (Å²) in [6, 6.07) is 10.1. The first kappa shape index (κ1) is 12.2. The van der Waals surface area contributed by atoms with Crippen molar-refractivity contribution in [3.63, 3.8) is 0 Å². The Morgan fingerprint density at radius 3 is 2.44 bits per heavy atom. The highest BCUT2D eigenvalue weighted by molar-refractivity contribution is 5.27. The van der Waals surface area contributed by atoms with Gasteiger partial charge >= 0.3 is 0 Å². The van der Waals surface area contributed by atoms with Gasteiger partial charge in [0.2, 0.25) is 0 Å². The van der Waals surface area contributed by atoms with Crippen LogP contribution in [0, 0.1) is 0 Å². The summed E-state index contributed by atoms with van der Waals surface area (Å²) < 4.78 is 0. The maximum Gasteiger partial charge on any atom is 0.0206 e. The second kappa shape index (κ2) is 5.41. The van der Waals surface area contributed by atoms with Crippen LogP contribution in [0.15, 0.2) is 24.3 Å². The van der Waals surface area contributed by atoms with Crippen LogP contribution >= 0.6 is 0 Å². The van der Waals surface area contributed by atoms with E-state index in [4.69, 9.17) is 0 Å². The molecule has 0 amide bonds. The summed E-state index contributed by atoms with van der Waals surface area (Å²) in [5.41, 5.74) is 2.95. The Balaban J connectivity index is 1.36. The smallest absolute Gasteiger partial charge is 0.0206 e. The Hall–Kier alpha value is -0.860. The lowest BCUT2D eigenvalue weighted by atomic mass is 10.1. The van der Waals surface area contributed by atoms with E-state index >= 15 is 0 Å². The Bertz CT molecular complexity index is 377. The third kappa shape index (κ3) is 3.33. The summed E-state index contributed by atoms with van der Waals surface area (Å²) in [4.78, 5) is 2.48. The molecule has 2 aliphatic carbocycles. The van der Waals surface area contributed by atoms with Crippen LogP contribution in [0.5, 0.6) is 0 Å². The fourth-order valence-corrected chi connectivity index (χ4v) is 2.51. The molecule has 2 heteroatoms. The van der Waals surface area contributed by atoms with Gasteiger partial charge in [-0.2, -0.15) is 0 Å². The van der Waals surface area contributed by atoms with E-state index in [1.165, 1.54) is 43.4 Å². The highest BCUT2D eigenvalue weighted by Gasteiger charge is 2.25. The van der Waals surface area contributed by atoms with Crippen molar-refractivity contribution >= 4 is 0 Å². The fraction of sp³-hybridized carbons (Fsp3) is 0.625. The summed E-state index contributed by atoms with van der Waals surface area (Å²) >= 11 is 0. The van der Waals surface area contributed by atoms with Crippen molar-refractivity contribution in [3.05, 3.63) is 35.4 Å². The van der Waals surface area contributed by atoms with Crippen LogP contribution in [0.25, 0.3) is 0 Å². The van der Waals surface area contributed by atoms with Crippen LogP contribution in [0.3, 0.4) is 0 Å². The molecule has 0 spiro atoms. The number of nitrogens with one attached hydrogen (secondary N) is 1. The fourth-order valence-electron chi connectivity index (χ4n) is 2.51. The molecule has 1 aromatic rings. The van der Waals surface area contributed by atoms with E-state index in [1.807, 2.05) is 0 Å². The van der Waals surface area contributed by atoms with Gasteiger partial charge in [-0.3, -0.25) is 0 Å². The Morgan fingerprint density at radius 2 is 1.83 bits per heavy atom. The van der Waals surface area contributed by atoms with Gasteiger partial charge in [-0.15, -0.1) is 0 Å². The van der Waals surface area contributed by atoms with Crippen molar-refractivity contribution in [1.29, 1.82) is 0 Å². The zero-order valence-corrected chi connectivity index (χ0v) is 11.4. The van der Waals surface area contributed by atoms with Crippen molar-refractivity contribution in [2.24, 2.45) is 0 Å². The average Bonchev–Trinajstić information content (AvgIpc) is 3.28. The van der Waals surface area contributed by atoms with Crippen LogP contribution < -0.4 is 5.32 Å². The van der Waals surface area contributed by atoms with E-state index in [0.717, 1.165) is 25.0 Å². The molecule has 0 aromatic heterocycles. The quantitative estimate of drug-likeness (QED) is 0.742. The summed E-state index contributed by atoms with van der Waals surface area (Å²) in [6.07, 6.45) is 5.59. The minimum absolute atomic E-state index is 0.874. The topological polar surface area (TPSA) is 15.3 Å². The van der Waals surface area contributed by atoms with E-state index in [1.54, 1.807) is 0 Å². The Kier molecular flexibility index (Phi) is 3.67. The molecule has 18 heavy (non-hydrogen) atoms. The highest BCUT2D eigenvalue weighted by Crippen LogP contribution is 2.39. The molecule has 0 aliphatic heterocycles. The first-order valence-corrected chi connectivity index (χ1v) is 7.33. The van der Waals surface area contributed by atoms with Gasteiger partial charge < -0.3 is 10.2 Å². The molecule has 2 aliphatic rings. The third-order valence-electron chi connectivity index (χ3n) is 4.17. The number of likely N-dealkylation sites (N-methyl/N-ethyl adjacent to an activating group) is 1. The van der Waals surface area contributed by atoms with Gasteiger partial charge in [-0.05, 0) is 49.8 Å². The molecule has 0 atom stereocenters. The number of rotatable bonds is 7. The van der Waals surface area contributed by atoms with Crippen molar-refractivity contribution < 1.29 is 0 Å². The molecule has 0 saturated heterocycles. The molecule has 0 unspecified atom stereocenters. The van der Waals surface area contributed by atoms with Gasteiger partial charge in [0, 0.05) is 25.7 Å². The molecule has 2 nitrogen and oxygen atoms in total. The van der Waals surface area contributed by atoms with Crippen LogP contribution in [0.2, 0.25) is 0 Å². The number of hydrogen-bond acceptors (Lipinski definition) is 2. The minimum Gasteiger partial charge on any atom is -0.311 e. The van der Waals surface area contributed by atoms with E-state index in [9.17, 15) is 0 Å². The zero-order valence-electron chi connectivity index (χ0n) is 11.4. The van der Waals surface area contributed by atoms with Crippen molar-refractivity contribution in [2.45, 2.75) is 44.2 Å². The summed E-state index contributed by atoms with van der Waals surface area (Å²) in [5, 5.41) is 3.54. The average molecular weight is 244 g/mol. The molecular weight excluding hydrogens is 220 g/mol. The van der Waals surface area contributed by atoms with Crippen molar-refractivity contribution in [1.82, 2.24) is 10.2 Å². The molecule has 0 radical (unpaired) electrons. The molecule has 1 N–H and O–H groups in total. The SMILES string of the molecule is CN(CCNCc1ccc(C2CC2)cc1)C1CC1. The molecule has 2 saturated carbocycles. The first-order chi connectivity index (χ1) is 8.83. The van der Waals surface area contributed by atoms with Gasteiger partial charge in [-0.25, -0.2) is 0 Å². The summed E-state index contributed by atoms with van der Waals surface area (Å²) in [5.74, 6) is 0.874. The van der Waals surface area contributed by atoms with Gasteiger partial charge in [0.15, 0.2) is 0 Å². The molecule has 1 aromatic carbocycles. The van der Waals surface area contributed by atoms with Gasteiger partial charge in [0.25, 0.3) is 0 Å². The molecular formula is C16H24N2. The number of nitrogens with zero attached hydrogens (tertiary/aromatic N) is 1. The van der Waals surface area contributed by atoms with Crippen LogP contribution in [-0.4, -0.2) is 31.1 Å². The zero-order chi connectivity index (χ0) is 12.4. The number of benzene rings is 1. The van der Waals surface area contributed by atoms with Crippen LogP contribution in [-0.2, 0) is 6.54 Å². The molecule has 98 valence electrons. The van der Waals surface area contributed by atoms with Crippen molar-refractivity contribution in [3.8, 4) is 0 Å². The third-order valence-corrected chi connectivity index (χ3v) is 4.17. The monoisotopic (exact) mass is 244 g/mol. The molecule has 0 heterocycles. The summed E-state index contributed by atoms with van der Waals surface area (Å²) in [7, 11) is 2.24. The van der Waals surface area contributed by atoms with Crippen molar-refractivity contribution in [2.75, 3.05) is 20.1 Å². The predicted molar refractivity (Wildman–Crippen MR) is 75.8 cm³/mol. The second-order valence-corrected chi connectivity index (χ2v) is 5.90. The molecule has 2 fully saturated rings.